The van der Waals surface area contributed by atoms with Crippen LogP contribution in [-0.4, -0.2) is 0 Å². The second kappa shape index (κ2) is 9.60. The van der Waals surface area contributed by atoms with E-state index in [1.807, 2.05) is 52.0 Å². The molecule has 0 bridgehead atoms. The van der Waals surface area contributed by atoms with Crippen LogP contribution in [0.25, 0.3) is 0 Å². The van der Waals surface area contributed by atoms with Crippen LogP contribution in [0.3, 0.4) is 0 Å². The van der Waals surface area contributed by atoms with E-state index >= 15 is 0 Å². The number of hydrogen-bond acceptors (Lipinski definition) is 2. The summed E-state index contributed by atoms with van der Waals surface area (Å²) in [7, 11) is 0. The third kappa shape index (κ3) is 4.46. The molecule has 1 aliphatic heterocycles. The van der Waals surface area contributed by atoms with Crippen molar-refractivity contribution < 1.29 is 0 Å². The minimum atomic E-state index is 1.02. The Morgan fingerprint density at radius 1 is 1.11 bits per heavy atom. The average Bonchev–Trinajstić information content (AvgIpc) is 2.46. The molecule has 0 saturated carbocycles. The van der Waals surface area contributed by atoms with Gasteiger partial charge in [-0.15, -0.1) is 0 Å². The quantitative estimate of drug-likeness (QED) is 0.740. The monoisotopic (exact) mass is 261 g/mol. The lowest BCUT2D eigenvalue weighted by Gasteiger charge is -2.22. The van der Waals surface area contributed by atoms with E-state index in [1.165, 1.54) is 4.91 Å². The van der Waals surface area contributed by atoms with Gasteiger partial charge in [0.25, 0.3) is 0 Å². The van der Waals surface area contributed by atoms with Gasteiger partial charge in [-0.05, 0) is 26.0 Å². The predicted octanol–water partition coefficient (Wildman–Crippen LogP) is 5.30. The molecule has 0 aliphatic carbocycles. The predicted molar refractivity (Wildman–Crippen MR) is 86.1 cm³/mol. The van der Waals surface area contributed by atoms with Crippen LogP contribution in [0.15, 0.2) is 70.8 Å². The Kier molecular flexibility index (Phi) is 8.85. The molecule has 1 N–H and O–H groups in total. The molecule has 98 valence electrons. The van der Waals surface area contributed by atoms with E-state index in [-0.39, 0.29) is 0 Å². The first-order valence-electron chi connectivity index (χ1n) is 6.20. The number of rotatable bonds is 3. The highest BCUT2D eigenvalue weighted by Gasteiger charge is 2.15. The number of nitrogens with one attached hydrogen (secondary N) is 1. The van der Waals surface area contributed by atoms with E-state index in [9.17, 15) is 0 Å². The van der Waals surface area contributed by atoms with Crippen molar-refractivity contribution in [3.05, 3.63) is 70.8 Å². The minimum absolute atomic E-state index is 1.02. The zero-order valence-electron chi connectivity index (χ0n) is 11.8. The van der Waals surface area contributed by atoms with E-state index in [2.05, 4.69) is 30.6 Å². The molecule has 1 heterocycles. The van der Waals surface area contributed by atoms with Crippen molar-refractivity contribution >= 4 is 11.8 Å². The summed E-state index contributed by atoms with van der Waals surface area (Å²) in [4.78, 5) is 2.32. The van der Waals surface area contributed by atoms with Crippen molar-refractivity contribution in [2.45, 2.75) is 27.7 Å². The molecule has 0 amide bonds. The molecule has 2 heteroatoms. The van der Waals surface area contributed by atoms with Gasteiger partial charge in [0.2, 0.25) is 0 Å². The second-order valence-corrected chi connectivity index (χ2v) is 4.26. The van der Waals surface area contributed by atoms with Crippen molar-refractivity contribution in [2.75, 3.05) is 0 Å². The summed E-state index contributed by atoms with van der Waals surface area (Å²) in [5.74, 6) is 0. The smallest absolute Gasteiger partial charge is 0.0522 e. The van der Waals surface area contributed by atoms with E-state index in [0.29, 0.717) is 0 Å². The van der Waals surface area contributed by atoms with Crippen LogP contribution >= 0.6 is 11.8 Å². The Morgan fingerprint density at radius 3 is 2.22 bits per heavy atom. The van der Waals surface area contributed by atoms with Crippen LogP contribution in [0.1, 0.15) is 27.7 Å². The Balaban J connectivity index is 0.00000137. The van der Waals surface area contributed by atoms with Crippen LogP contribution in [0.5, 0.6) is 0 Å². The largest absolute Gasteiger partial charge is 0.354 e. The molecular formula is C16H23NS. The van der Waals surface area contributed by atoms with E-state index in [4.69, 9.17) is 0 Å². The summed E-state index contributed by atoms with van der Waals surface area (Å²) in [6, 6.07) is 0. The Hall–Kier alpha value is -1.41. The fourth-order valence-electron chi connectivity index (χ4n) is 1.33. The molecular weight excluding hydrogens is 238 g/mol. The van der Waals surface area contributed by atoms with Gasteiger partial charge in [0.15, 0.2) is 0 Å². The zero-order chi connectivity index (χ0) is 14.0. The van der Waals surface area contributed by atoms with Crippen LogP contribution in [0, 0.1) is 0 Å². The first-order chi connectivity index (χ1) is 8.76. The van der Waals surface area contributed by atoms with Crippen LogP contribution in [0.2, 0.25) is 0 Å². The highest BCUT2D eigenvalue weighted by molar-refractivity contribution is 8.07. The molecule has 1 rings (SSSR count). The van der Waals surface area contributed by atoms with Gasteiger partial charge in [-0.1, -0.05) is 63.1 Å². The van der Waals surface area contributed by atoms with Gasteiger partial charge >= 0.3 is 0 Å². The van der Waals surface area contributed by atoms with Gasteiger partial charge in [0.05, 0.1) is 11.4 Å². The van der Waals surface area contributed by atoms with Crippen LogP contribution < -0.4 is 5.32 Å². The van der Waals surface area contributed by atoms with Gasteiger partial charge in [-0.25, -0.2) is 0 Å². The topological polar surface area (TPSA) is 12.0 Å². The average molecular weight is 261 g/mol. The normalized spacial score (nSPS) is 19.6. The summed E-state index contributed by atoms with van der Waals surface area (Å²) in [5.41, 5.74) is 2.12. The molecule has 0 aromatic heterocycles. The number of allylic oxidation sites excluding steroid dienone is 6. The fraction of sp³-hybridized carbons (Fsp3) is 0.250. The number of hydrogen-bond donors (Lipinski definition) is 1. The molecule has 0 aromatic rings. The molecule has 0 aromatic carbocycles. The third-order valence-corrected chi connectivity index (χ3v) is 3.41. The van der Waals surface area contributed by atoms with Crippen molar-refractivity contribution in [2.24, 2.45) is 0 Å². The fourth-order valence-corrected chi connectivity index (χ4v) is 2.24. The Bertz CT molecular complexity index is 409. The van der Waals surface area contributed by atoms with Gasteiger partial charge in [-0.2, -0.15) is 0 Å². The lowest BCUT2D eigenvalue weighted by atomic mass is 10.2. The maximum Gasteiger partial charge on any atom is 0.0522 e. The molecule has 0 spiro atoms. The minimum Gasteiger partial charge on any atom is -0.354 e. The van der Waals surface area contributed by atoms with Crippen molar-refractivity contribution in [3.63, 3.8) is 0 Å². The van der Waals surface area contributed by atoms with E-state index < -0.39 is 0 Å². The summed E-state index contributed by atoms with van der Waals surface area (Å²) in [6.07, 6.45) is 11.9. The molecule has 0 saturated heterocycles. The summed E-state index contributed by atoms with van der Waals surface area (Å²) in [6.45, 7) is 15.6. The Labute approximate surface area is 116 Å². The highest BCUT2D eigenvalue weighted by Crippen LogP contribution is 2.36. The molecule has 0 fully saturated rings. The molecule has 1 nitrogen and oxygen atoms in total. The van der Waals surface area contributed by atoms with Gasteiger partial charge in [0, 0.05) is 9.81 Å². The molecule has 0 atom stereocenters. The van der Waals surface area contributed by atoms with Crippen LogP contribution in [0.4, 0.5) is 0 Å². The summed E-state index contributed by atoms with van der Waals surface area (Å²) >= 11 is 1.71. The molecule has 18 heavy (non-hydrogen) atoms. The van der Waals surface area contributed by atoms with Crippen molar-refractivity contribution in [1.82, 2.24) is 5.32 Å². The standard InChI is InChI=1S/C14H17NS.C2H6/c1-5-9-10-12-14(8-4)16-13(7-3)11(6-2)15-12;1-2/h5-10,15H,2-3H2,1,4H3;1-2H3/b9-5-,12-10+,14-8+;. The first-order valence-corrected chi connectivity index (χ1v) is 7.02. The van der Waals surface area contributed by atoms with Crippen molar-refractivity contribution in [3.8, 4) is 0 Å². The molecule has 1 aliphatic rings. The lowest BCUT2D eigenvalue weighted by molar-refractivity contribution is 1.03. The maximum atomic E-state index is 3.81. The third-order valence-electron chi connectivity index (χ3n) is 2.13. The van der Waals surface area contributed by atoms with E-state index in [1.54, 1.807) is 11.8 Å². The molecule has 0 unspecified atom stereocenters. The van der Waals surface area contributed by atoms with Gasteiger partial charge in [0.1, 0.15) is 0 Å². The summed E-state index contributed by atoms with van der Waals surface area (Å²) in [5, 5.41) is 3.35. The SMILES string of the molecule is C=CC1=C(C=C)SC(=C/C)/C(=C\C=C/C)N1.CC. The van der Waals surface area contributed by atoms with Crippen molar-refractivity contribution in [1.29, 1.82) is 0 Å². The maximum absolute atomic E-state index is 3.81. The number of thioether (sulfide) groups is 1. The van der Waals surface area contributed by atoms with E-state index in [0.717, 1.165) is 16.3 Å². The van der Waals surface area contributed by atoms with Crippen LogP contribution in [-0.2, 0) is 0 Å². The first kappa shape index (κ1) is 16.6. The zero-order valence-corrected chi connectivity index (χ0v) is 12.6. The highest BCUT2D eigenvalue weighted by atomic mass is 32.2. The summed E-state index contributed by atoms with van der Waals surface area (Å²) < 4.78 is 0. The lowest BCUT2D eigenvalue weighted by Crippen LogP contribution is -2.17. The van der Waals surface area contributed by atoms with Gasteiger partial charge in [-0.3, -0.25) is 0 Å². The molecule has 0 radical (unpaired) electrons. The van der Waals surface area contributed by atoms with Gasteiger partial charge < -0.3 is 5.32 Å². The Morgan fingerprint density at radius 2 is 1.78 bits per heavy atom. The second-order valence-electron chi connectivity index (χ2n) is 3.17.